The number of methoxy groups -OCH3 is 1. The van der Waals surface area contributed by atoms with Crippen molar-refractivity contribution in [1.29, 1.82) is 0 Å². The molecule has 0 bridgehead atoms. The Hall–Kier alpha value is -2.49. The Labute approximate surface area is 129 Å². The molecule has 3 aromatic rings. The van der Waals surface area contributed by atoms with Crippen molar-refractivity contribution in [2.24, 2.45) is 0 Å². The van der Waals surface area contributed by atoms with Gasteiger partial charge in [0.25, 0.3) is 0 Å². The van der Waals surface area contributed by atoms with Gasteiger partial charge in [-0.05, 0) is 56.2 Å². The van der Waals surface area contributed by atoms with Gasteiger partial charge in [-0.1, -0.05) is 6.07 Å². The first-order chi connectivity index (χ1) is 10.6. The molecule has 1 aromatic heterocycles. The number of aromatic nitrogens is 1. The van der Waals surface area contributed by atoms with Crippen molar-refractivity contribution in [3.63, 3.8) is 0 Å². The molecule has 1 heterocycles. The minimum Gasteiger partial charge on any atom is -0.493 e. The largest absolute Gasteiger partial charge is 0.493 e. The molecule has 0 N–H and O–H groups in total. The minimum atomic E-state index is 0.588. The van der Waals surface area contributed by atoms with Gasteiger partial charge < -0.3 is 13.9 Å². The summed E-state index contributed by atoms with van der Waals surface area (Å²) in [6.07, 6.45) is 0. The summed E-state index contributed by atoms with van der Waals surface area (Å²) in [6, 6.07) is 9.82. The summed E-state index contributed by atoms with van der Waals surface area (Å²) in [6.45, 7) is 6.63. The summed E-state index contributed by atoms with van der Waals surface area (Å²) < 4.78 is 16.9. The van der Waals surface area contributed by atoms with E-state index in [1.807, 2.05) is 38.1 Å². The predicted octanol–water partition coefficient (Wildman–Crippen LogP) is 4.52. The molecule has 3 rings (SSSR count). The van der Waals surface area contributed by atoms with E-state index in [-0.39, 0.29) is 0 Å². The third kappa shape index (κ3) is 2.52. The van der Waals surface area contributed by atoms with E-state index < -0.39 is 0 Å². The molecule has 0 fully saturated rings. The quantitative estimate of drug-likeness (QED) is 0.710. The highest BCUT2D eigenvalue weighted by atomic mass is 16.5. The summed E-state index contributed by atoms with van der Waals surface area (Å²) >= 11 is 0. The second kappa shape index (κ2) is 5.72. The molecule has 114 valence electrons. The van der Waals surface area contributed by atoms with E-state index in [4.69, 9.17) is 13.9 Å². The fourth-order valence-electron chi connectivity index (χ4n) is 2.58. The fourth-order valence-corrected chi connectivity index (χ4v) is 2.58. The highest BCUT2D eigenvalue weighted by Gasteiger charge is 2.13. The van der Waals surface area contributed by atoms with E-state index in [1.165, 1.54) is 5.56 Å². The number of hydrogen-bond donors (Lipinski definition) is 0. The highest BCUT2D eigenvalue weighted by Crippen LogP contribution is 2.34. The zero-order chi connectivity index (χ0) is 15.7. The topological polar surface area (TPSA) is 44.5 Å². The van der Waals surface area contributed by atoms with Gasteiger partial charge in [0.05, 0.1) is 13.7 Å². The van der Waals surface area contributed by atoms with Crippen LogP contribution in [0.1, 0.15) is 18.1 Å². The highest BCUT2D eigenvalue weighted by molar-refractivity contribution is 5.80. The number of fused-ring (bicyclic) bond motifs is 1. The molecule has 0 aliphatic heterocycles. The monoisotopic (exact) mass is 297 g/mol. The van der Waals surface area contributed by atoms with Crippen LogP contribution < -0.4 is 9.47 Å². The van der Waals surface area contributed by atoms with Crippen LogP contribution in [0, 0.1) is 13.8 Å². The third-order valence-corrected chi connectivity index (χ3v) is 3.53. The molecular weight excluding hydrogens is 278 g/mol. The molecule has 0 saturated carbocycles. The number of aryl methyl sites for hydroxylation is 2. The van der Waals surface area contributed by atoms with Crippen molar-refractivity contribution in [2.75, 3.05) is 13.7 Å². The molecule has 0 unspecified atom stereocenters. The van der Waals surface area contributed by atoms with E-state index >= 15 is 0 Å². The van der Waals surface area contributed by atoms with E-state index in [1.54, 1.807) is 7.11 Å². The summed E-state index contributed by atoms with van der Waals surface area (Å²) in [5.74, 6) is 1.98. The van der Waals surface area contributed by atoms with Gasteiger partial charge in [-0.3, -0.25) is 0 Å². The zero-order valence-corrected chi connectivity index (χ0v) is 13.3. The summed E-state index contributed by atoms with van der Waals surface area (Å²) in [5.41, 5.74) is 4.84. The molecule has 0 aliphatic carbocycles. The maximum atomic E-state index is 5.93. The standard InChI is InChI=1S/C18H19NO3/c1-5-21-15-7-6-13(10-16(15)20-4)18-19-14-9-11(2)8-12(3)17(14)22-18/h6-10H,5H2,1-4H3. The second-order valence-electron chi connectivity index (χ2n) is 5.25. The van der Waals surface area contributed by atoms with Gasteiger partial charge in [-0.25, -0.2) is 4.98 Å². The Morgan fingerprint density at radius 1 is 1.09 bits per heavy atom. The molecule has 2 aromatic carbocycles. The first kappa shape index (κ1) is 14.4. The molecular formula is C18H19NO3. The Morgan fingerprint density at radius 2 is 1.91 bits per heavy atom. The molecule has 0 radical (unpaired) electrons. The van der Waals surface area contributed by atoms with Crippen molar-refractivity contribution in [3.05, 3.63) is 41.5 Å². The van der Waals surface area contributed by atoms with Crippen LogP contribution in [0.4, 0.5) is 0 Å². The van der Waals surface area contributed by atoms with Crippen molar-refractivity contribution >= 4 is 11.1 Å². The van der Waals surface area contributed by atoms with Crippen molar-refractivity contribution < 1.29 is 13.9 Å². The second-order valence-corrected chi connectivity index (χ2v) is 5.25. The van der Waals surface area contributed by atoms with Crippen LogP contribution in [0.25, 0.3) is 22.6 Å². The van der Waals surface area contributed by atoms with Gasteiger partial charge in [0.1, 0.15) is 5.52 Å². The number of benzene rings is 2. The predicted molar refractivity (Wildman–Crippen MR) is 86.6 cm³/mol. The smallest absolute Gasteiger partial charge is 0.227 e. The zero-order valence-electron chi connectivity index (χ0n) is 13.3. The van der Waals surface area contributed by atoms with Crippen molar-refractivity contribution in [3.8, 4) is 23.0 Å². The maximum absolute atomic E-state index is 5.93. The molecule has 0 amide bonds. The molecule has 22 heavy (non-hydrogen) atoms. The van der Waals surface area contributed by atoms with Gasteiger partial charge in [0.15, 0.2) is 17.1 Å². The van der Waals surface area contributed by atoms with Crippen molar-refractivity contribution in [2.45, 2.75) is 20.8 Å². The fraction of sp³-hybridized carbons (Fsp3) is 0.278. The van der Waals surface area contributed by atoms with Gasteiger partial charge in [0.2, 0.25) is 5.89 Å². The molecule has 0 saturated heterocycles. The number of nitrogens with zero attached hydrogens (tertiary/aromatic N) is 1. The number of ether oxygens (including phenoxy) is 2. The lowest BCUT2D eigenvalue weighted by atomic mass is 10.1. The van der Waals surface area contributed by atoms with Crippen LogP contribution in [-0.4, -0.2) is 18.7 Å². The Morgan fingerprint density at radius 3 is 2.64 bits per heavy atom. The summed E-state index contributed by atoms with van der Waals surface area (Å²) in [7, 11) is 1.63. The van der Waals surface area contributed by atoms with Gasteiger partial charge in [0, 0.05) is 5.56 Å². The average molecular weight is 297 g/mol. The van der Waals surface area contributed by atoms with Crippen LogP contribution in [0.5, 0.6) is 11.5 Å². The number of rotatable bonds is 4. The molecule has 0 aliphatic rings. The number of hydrogen-bond acceptors (Lipinski definition) is 4. The van der Waals surface area contributed by atoms with E-state index in [0.29, 0.717) is 18.2 Å². The van der Waals surface area contributed by atoms with Crippen LogP contribution in [0.2, 0.25) is 0 Å². The third-order valence-electron chi connectivity index (χ3n) is 3.53. The van der Waals surface area contributed by atoms with Crippen LogP contribution in [0.3, 0.4) is 0 Å². The molecule has 0 spiro atoms. The minimum absolute atomic E-state index is 0.588. The normalized spacial score (nSPS) is 10.9. The Kier molecular flexibility index (Phi) is 3.75. The van der Waals surface area contributed by atoms with E-state index in [0.717, 1.165) is 28.0 Å². The lowest BCUT2D eigenvalue weighted by molar-refractivity contribution is 0.311. The van der Waals surface area contributed by atoms with Crippen molar-refractivity contribution in [1.82, 2.24) is 4.98 Å². The van der Waals surface area contributed by atoms with Gasteiger partial charge in [-0.2, -0.15) is 0 Å². The molecule has 4 nitrogen and oxygen atoms in total. The molecule has 0 atom stereocenters. The lowest BCUT2D eigenvalue weighted by Crippen LogP contribution is -1.95. The SMILES string of the molecule is CCOc1ccc(-c2nc3cc(C)cc(C)c3o2)cc1OC. The van der Waals surface area contributed by atoms with Crippen LogP contribution in [-0.2, 0) is 0 Å². The average Bonchev–Trinajstić information content (AvgIpc) is 2.92. The lowest BCUT2D eigenvalue weighted by Gasteiger charge is -2.09. The van der Waals surface area contributed by atoms with Gasteiger partial charge in [-0.15, -0.1) is 0 Å². The maximum Gasteiger partial charge on any atom is 0.227 e. The first-order valence-corrected chi connectivity index (χ1v) is 7.31. The Balaban J connectivity index is 2.09. The molecule has 4 heteroatoms. The van der Waals surface area contributed by atoms with Gasteiger partial charge >= 0.3 is 0 Å². The van der Waals surface area contributed by atoms with Crippen LogP contribution >= 0.6 is 0 Å². The van der Waals surface area contributed by atoms with Crippen LogP contribution in [0.15, 0.2) is 34.7 Å². The summed E-state index contributed by atoms with van der Waals surface area (Å²) in [4.78, 5) is 4.59. The first-order valence-electron chi connectivity index (χ1n) is 7.31. The van der Waals surface area contributed by atoms with E-state index in [9.17, 15) is 0 Å². The van der Waals surface area contributed by atoms with E-state index in [2.05, 4.69) is 18.0 Å². The summed E-state index contributed by atoms with van der Waals surface area (Å²) in [5, 5.41) is 0. The Bertz CT molecular complexity index is 821. The number of oxazole rings is 1.